The van der Waals surface area contributed by atoms with Gasteiger partial charge in [-0.25, -0.2) is 0 Å². The van der Waals surface area contributed by atoms with Gasteiger partial charge in [0.15, 0.2) is 0 Å². The van der Waals surface area contributed by atoms with Crippen LogP contribution in [0.1, 0.15) is 41.7 Å². The molecule has 0 N–H and O–H groups in total. The van der Waals surface area contributed by atoms with E-state index < -0.39 is 0 Å². The standard InChI is InChI=1S/C18H19N3O/c1-12(10-19)11-21(2)18(22)15-9-17(13-7-8-13)20-16-6-4-3-5-14(15)16/h3-6,9,12-13H,7-8,11H2,1-2H3/t12-/m0/s1. The zero-order chi connectivity index (χ0) is 15.7. The van der Waals surface area contributed by atoms with Crippen molar-refractivity contribution in [3.8, 4) is 6.07 Å². The Balaban J connectivity index is 2.01. The molecule has 1 fully saturated rings. The van der Waals surface area contributed by atoms with E-state index in [1.54, 1.807) is 11.9 Å². The minimum atomic E-state index is -0.176. The summed E-state index contributed by atoms with van der Waals surface area (Å²) in [5.74, 6) is 0.284. The third-order valence-electron chi connectivity index (χ3n) is 4.08. The summed E-state index contributed by atoms with van der Waals surface area (Å²) in [7, 11) is 1.75. The maximum atomic E-state index is 12.8. The number of hydrogen-bond donors (Lipinski definition) is 0. The molecule has 22 heavy (non-hydrogen) atoms. The summed E-state index contributed by atoms with van der Waals surface area (Å²) < 4.78 is 0. The van der Waals surface area contributed by atoms with E-state index in [1.807, 2.05) is 37.3 Å². The first-order valence-electron chi connectivity index (χ1n) is 7.65. The summed E-state index contributed by atoms with van der Waals surface area (Å²) in [6.45, 7) is 2.26. The van der Waals surface area contributed by atoms with Crippen molar-refractivity contribution < 1.29 is 4.79 Å². The van der Waals surface area contributed by atoms with Crippen LogP contribution in [-0.4, -0.2) is 29.4 Å². The Kier molecular flexibility index (Phi) is 3.81. The highest BCUT2D eigenvalue weighted by atomic mass is 16.2. The lowest BCUT2D eigenvalue weighted by Crippen LogP contribution is -2.31. The van der Waals surface area contributed by atoms with E-state index >= 15 is 0 Å². The van der Waals surface area contributed by atoms with Crippen molar-refractivity contribution in [2.24, 2.45) is 5.92 Å². The molecule has 4 nitrogen and oxygen atoms in total. The van der Waals surface area contributed by atoms with Crippen LogP contribution in [0.2, 0.25) is 0 Å². The Morgan fingerprint density at radius 1 is 1.45 bits per heavy atom. The maximum absolute atomic E-state index is 12.8. The first-order chi connectivity index (χ1) is 10.6. The molecule has 0 spiro atoms. The fourth-order valence-electron chi connectivity index (χ4n) is 2.70. The van der Waals surface area contributed by atoms with Crippen LogP contribution in [0, 0.1) is 17.2 Å². The van der Waals surface area contributed by atoms with Crippen molar-refractivity contribution in [1.29, 1.82) is 5.26 Å². The number of rotatable bonds is 4. The largest absolute Gasteiger partial charge is 0.340 e. The van der Waals surface area contributed by atoms with Crippen molar-refractivity contribution in [3.05, 3.63) is 41.6 Å². The van der Waals surface area contributed by atoms with Crippen LogP contribution < -0.4 is 0 Å². The number of aromatic nitrogens is 1. The van der Waals surface area contributed by atoms with Crippen molar-refractivity contribution in [1.82, 2.24) is 9.88 Å². The fraction of sp³-hybridized carbons (Fsp3) is 0.389. The monoisotopic (exact) mass is 293 g/mol. The minimum Gasteiger partial charge on any atom is -0.340 e. The summed E-state index contributed by atoms with van der Waals surface area (Å²) in [5.41, 5.74) is 2.58. The van der Waals surface area contributed by atoms with Crippen molar-refractivity contribution in [2.75, 3.05) is 13.6 Å². The molecule has 1 aromatic heterocycles. The molecule has 1 aliphatic rings. The molecule has 0 radical (unpaired) electrons. The molecule has 2 aromatic rings. The first kappa shape index (κ1) is 14.5. The molecule has 1 amide bonds. The summed E-state index contributed by atoms with van der Waals surface area (Å²) in [6.07, 6.45) is 2.31. The van der Waals surface area contributed by atoms with Crippen LogP contribution in [0.15, 0.2) is 30.3 Å². The number of nitriles is 1. The van der Waals surface area contributed by atoms with Gasteiger partial charge in [0, 0.05) is 30.6 Å². The lowest BCUT2D eigenvalue weighted by molar-refractivity contribution is 0.0787. The lowest BCUT2D eigenvalue weighted by Gasteiger charge is -2.19. The zero-order valence-corrected chi connectivity index (χ0v) is 12.9. The number of fused-ring (bicyclic) bond motifs is 1. The van der Waals surface area contributed by atoms with Crippen LogP contribution in [0.25, 0.3) is 10.9 Å². The SMILES string of the molecule is C[C@@H](C#N)CN(C)C(=O)c1cc(C2CC2)nc2ccccc12. The van der Waals surface area contributed by atoms with Gasteiger partial charge in [0.25, 0.3) is 5.91 Å². The van der Waals surface area contributed by atoms with Gasteiger partial charge < -0.3 is 4.90 Å². The average Bonchev–Trinajstić information content (AvgIpc) is 3.37. The van der Waals surface area contributed by atoms with E-state index in [4.69, 9.17) is 10.2 Å². The molecule has 0 aliphatic heterocycles. The van der Waals surface area contributed by atoms with Gasteiger partial charge in [0.05, 0.1) is 23.1 Å². The molecule has 0 unspecified atom stereocenters. The Hall–Kier alpha value is -2.41. The number of carbonyl (C=O) groups is 1. The number of benzene rings is 1. The van der Waals surface area contributed by atoms with Crippen LogP contribution >= 0.6 is 0 Å². The molecule has 1 saturated carbocycles. The van der Waals surface area contributed by atoms with Crippen LogP contribution in [0.4, 0.5) is 0 Å². The molecule has 4 heteroatoms. The van der Waals surface area contributed by atoms with E-state index in [1.165, 1.54) is 0 Å². The van der Waals surface area contributed by atoms with E-state index in [0.717, 1.165) is 29.4 Å². The van der Waals surface area contributed by atoms with Gasteiger partial charge in [-0.15, -0.1) is 0 Å². The maximum Gasteiger partial charge on any atom is 0.254 e. The van der Waals surface area contributed by atoms with Crippen LogP contribution in [0.5, 0.6) is 0 Å². The lowest BCUT2D eigenvalue weighted by atomic mass is 10.0. The summed E-state index contributed by atoms with van der Waals surface area (Å²) in [5, 5.41) is 9.82. The predicted molar refractivity (Wildman–Crippen MR) is 85.5 cm³/mol. The summed E-state index contributed by atoms with van der Waals surface area (Å²) in [6, 6.07) is 11.9. The van der Waals surface area contributed by atoms with Crippen molar-refractivity contribution in [3.63, 3.8) is 0 Å². The van der Waals surface area contributed by atoms with Crippen LogP contribution in [0.3, 0.4) is 0 Å². The Morgan fingerprint density at radius 2 is 2.18 bits per heavy atom. The van der Waals surface area contributed by atoms with Gasteiger partial charge in [-0.3, -0.25) is 9.78 Å². The van der Waals surface area contributed by atoms with Gasteiger partial charge in [-0.05, 0) is 31.9 Å². The number of hydrogen-bond acceptors (Lipinski definition) is 3. The van der Waals surface area contributed by atoms with Gasteiger partial charge in [-0.1, -0.05) is 18.2 Å². The number of para-hydroxylation sites is 1. The van der Waals surface area contributed by atoms with E-state index in [-0.39, 0.29) is 11.8 Å². The average molecular weight is 293 g/mol. The van der Waals surface area contributed by atoms with Crippen LogP contribution in [-0.2, 0) is 0 Å². The Bertz CT molecular complexity index is 759. The third kappa shape index (κ3) is 2.80. The molecule has 1 heterocycles. The fourth-order valence-corrected chi connectivity index (χ4v) is 2.70. The first-order valence-corrected chi connectivity index (χ1v) is 7.65. The molecule has 1 aromatic carbocycles. The Labute approximate surface area is 130 Å². The third-order valence-corrected chi connectivity index (χ3v) is 4.08. The molecule has 1 aliphatic carbocycles. The minimum absolute atomic E-state index is 0.0393. The van der Waals surface area contributed by atoms with Gasteiger partial charge in [0.2, 0.25) is 0 Å². The second kappa shape index (κ2) is 5.76. The van der Waals surface area contributed by atoms with Gasteiger partial charge in [0.1, 0.15) is 0 Å². The molecular weight excluding hydrogens is 274 g/mol. The number of carbonyl (C=O) groups excluding carboxylic acids is 1. The number of pyridine rings is 1. The van der Waals surface area contributed by atoms with E-state index in [9.17, 15) is 4.79 Å². The molecule has 112 valence electrons. The highest BCUT2D eigenvalue weighted by Gasteiger charge is 2.27. The molecule has 0 saturated heterocycles. The topological polar surface area (TPSA) is 57.0 Å². The second-order valence-corrected chi connectivity index (χ2v) is 6.10. The number of nitrogens with zero attached hydrogens (tertiary/aromatic N) is 3. The quantitative estimate of drug-likeness (QED) is 0.868. The Morgan fingerprint density at radius 3 is 2.86 bits per heavy atom. The van der Waals surface area contributed by atoms with Gasteiger partial charge >= 0.3 is 0 Å². The zero-order valence-electron chi connectivity index (χ0n) is 12.9. The number of amides is 1. The van der Waals surface area contributed by atoms with Crippen molar-refractivity contribution >= 4 is 16.8 Å². The summed E-state index contributed by atoms with van der Waals surface area (Å²) >= 11 is 0. The molecule has 0 bridgehead atoms. The van der Waals surface area contributed by atoms with E-state index in [0.29, 0.717) is 18.0 Å². The highest BCUT2D eigenvalue weighted by Crippen LogP contribution is 2.40. The smallest absolute Gasteiger partial charge is 0.254 e. The normalized spacial score (nSPS) is 15.3. The molecule has 1 atom stereocenters. The van der Waals surface area contributed by atoms with Crippen molar-refractivity contribution in [2.45, 2.75) is 25.7 Å². The summed E-state index contributed by atoms with van der Waals surface area (Å²) in [4.78, 5) is 19.1. The highest BCUT2D eigenvalue weighted by molar-refractivity contribution is 6.06. The predicted octanol–water partition coefficient (Wildman–Crippen LogP) is 3.34. The van der Waals surface area contributed by atoms with E-state index in [2.05, 4.69) is 6.07 Å². The second-order valence-electron chi connectivity index (χ2n) is 6.10. The van der Waals surface area contributed by atoms with Gasteiger partial charge in [-0.2, -0.15) is 5.26 Å². The molecular formula is C18H19N3O. The molecule has 3 rings (SSSR count).